The summed E-state index contributed by atoms with van der Waals surface area (Å²) < 4.78 is 20.7. The average Bonchev–Trinajstić information content (AvgIpc) is 3.00. The fourth-order valence-electron chi connectivity index (χ4n) is 3.13. The van der Waals surface area contributed by atoms with Crippen LogP contribution in [0.2, 0.25) is 0 Å². The van der Waals surface area contributed by atoms with Crippen LogP contribution in [0.5, 0.6) is 0 Å². The third kappa shape index (κ3) is 5.80. The Bertz CT molecular complexity index is 746. The Morgan fingerprint density at radius 1 is 1.33 bits per heavy atom. The number of methoxy groups -OCH3 is 1. The number of ether oxygens (including phenoxy) is 4. The Kier molecular flexibility index (Phi) is 7.95. The lowest BCUT2D eigenvalue weighted by atomic mass is 10.00. The number of nitrogens with zero attached hydrogens (tertiary/aromatic N) is 1. The summed E-state index contributed by atoms with van der Waals surface area (Å²) in [6, 6.07) is 0. The van der Waals surface area contributed by atoms with E-state index in [-0.39, 0.29) is 18.6 Å². The van der Waals surface area contributed by atoms with Crippen LogP contribution in [0.4, 0.5) is 0 Å². The van der Waals surface area contributed by atoms with Crippen molar-refractivity contribution >= 4 is 23.9 Å². The van der Waals surface area contributed by atoms with Gasteiger partial charge in [-0.1, -0.05) is 13.0 Å². The van der Waals surface area contributed by atoms with Gasteiger partial charge >= 0.3 is 23.9 Å². The molecule has 0 radical (unpaired) electrons. The van der Waals surface area contributed by atoms with Gasteiger partial charge in [0.1, 0.15) is 12.7 Å². The molecule has 5 atom stereocenters. The van der Waals surface area contributed by atoms with Crippen LogP contribution < -0.4 is 0 Å². The van der Waals surface area contributed by atoms with E-state index >= 15 is 0 Å². The number of hydrogen-bond donors (Lipinski definition) is 2. The highest BCUT2D eigenvalue weighted by Gasteiger charge is 2.47. The zero-order chi connectivity index (χ0) is 22.4. The van der Waals surface area contributed by atoms with Crippen LogP contribution in [0.15, 0.2) is 24.0 Å². The average molecular weight is 427 g/mol. The molecule has 1 saturated heterocycles. The van der Waals surface area contributed by atoms with E-state index in [0.717, 1.165) is 7.11 Å². The molecule has 2 aliphatic heterocycles. The fraction of sp³-hybridized carbons (Fsp3) is 0.579. The zero-order valence-corrected chi connectivity index (χ0v) is 16.8. The molecule has 0 aromatic heterocycles. The Morgan fingerprint density at radius 2 is 2.03 bits per heavy atom. The number of aliphatic hydroxyl groups excluding tert-OH is 1. The van der Waals surface area contributed by atoms with E-state index in [2.05, 4.69) is 4.74 Å². The Morgan fingerprint density at radius 3 is 2.63 bits per heavy atom. The van der Waals surface area contributed by atoms with Crippen molar-refractivity contribution in [1.82, 2.24) is 4.90 Å². The van der Waals surface area contributed by atoms with Crippen molar-refractivity contribution in [2.24, 2.45) is 5.92 Å². The molecule has 0 amide bonds. The first kappa shape index (κ1) is 23.4. The largest absolute Gasteiger partial charge is 0.478 e. The number of hydrogen-bond acceptors (Lipinski definition) is 10. The second kappa shape index (κ2) is 10.2. The van der Waals surface area contributed by atoms with E-state index in [1.165, 1.54) is 18.0 Å². The van der Waals surface area contributed by atoms with Crippen LogP contribution in [-0.4, -0.2) is 77.2 Å². The van der Waals surface area contributed by atoms with E-state index in [1.807, 2.05) is 0 Å². The van der Waals surface area contributed by atoms with Gasteiger partial charge in [0.25, 0.3) is 0 Å². The summed E-state index contributed by atoms with van der Waals surface area (Å²) in [5.74, 6) is -3.79. The second-order valence-corrected chi connectivity index (χ2v) is 6.92. The lowest BCUT2D eigenvalue weighted by Crippen LogP contribution is -2.40. The molecule has 0 saturated carbocycles. The lowest BCUT2D eigenvalue weighted by Gasteiger charge is -2.30. The molecule has 166 valence electrons. The van der Waals surface area contributed by atoms with Crippen molar-refractivity contribution in [2.45, 2.75) is 51.2 Å². The molecule has 2 rings (SSSR count). The molecule has 2 aliphatic rings. The van der Waals surface area contributed by atoms with Gasteiger partial charge < -0.3 is 34.1 Å². The highest BCUT2D eigenvalue weighted by Crippen LogP contribution is 2.33. The van der Waals surface area contributed by atoms with E-state index < -0.39 is 60.8 Å². The van der Waals surface area contributed by atoms with Crippen LogP contribution in [0.1, 0.15) is 26.7 Å². The number of rotatable bonds is 8. The van der Waals surface area contributed by atoms with Gasteiger partial charge in [-0.05, 0) is 0 Å². The van der Waals surface area contributed by atoms with E-state index in [1.54, 1.807) is 19.2 Å². The van der Waals surface area contributed by atoms with E-state index in [0.29, 0.717) is 0 Å². The summed E-state index contributed by atoms with van der Waals surface area (Å²) in [7, 11) is 1.08. The molecule has 2 heterocycles. The summed E-state index contributed by atoms with van der Waals surface area (Å²) >= 11 is 0. The second-order valence-electron chi connectivity index (χ2n) is 6.92. The molecule has 0 aromatic rings. The molecule has 0 aliphatic carbocycles. The number of aliphatic hydroxyl groups is 1. The van der Waals surface area contributed by atoms with Crippen LogP contribution >= 0.6 is 0 Å². The first-order chi connectivity index (χ1) is 14.1. The standard InChI is InChI=1S/C19H25NO10/c1-10-14(9-28-15(23)7-13(22)19(26)27-3)30-17(16(10)29-11(2)21)20-6-4-5-12(8-20)18(24)25/h4,6,8,10,13-14,16-17,22H,5,7,9H2,1-3H3,(H,24,25)/t10-,13+,14-,16?,17-/m1/s1. The smallest absolute Gasteiger partial charge is 0.335 e. The SMILES string of the molecule is COC(=O)[C@@H](O)CC(=O)OC[C@H]1O[C@@H](N2C=CCC(C(=O)O)=C2)C(OC(C)=O)[C@@H]1C. The third-order valence-corrected chi connectivity index (χ3v) is 4.73. The number of carbonyl (C=O) groups is 4. The molecule has 11 heteroatoms. The van der Waals surface area contributed by atoms with Crippen LogP contribution in [-0.2, 0) is 38.1 Å². The number of carboxylic acids is 1. The lowest BCUT2D eigenvalue weighted by molar-refractivity contribution is -0.160. The summed E-state index contributed by atoms with van der Waals surface area (Å²) in [6.07, 6.45) is 0.461. The van der Waals surface area contributed by atoms with Crippen molar-refractivity contribution in [2.75, 3.05) is 13.7 Å². The number of esters is 3. The molecular formula is C19H25NO10. The first-order valence-electron chi connectivity index (χ1n) is 9.26. The molecule has 11 nitrogen and oxygen atoms in total. The topological polar surface area (TPSA) is 149 Å². The molecule has 0 aromatic carbocycles. The van der Waals surface area contributed by atoms with Crippen molar-refractivity contribution in [3.8, 4) is 0 Å². The van der Waals surface area contributed by atoms with Crippen molar-refractivity contribution < 1.29 is 48.3 Å². The van der Waals surface area contributed by atoms with E-state index in [9.17, 15) is 29.4 Å². The van der Waals surface area contributed by atoms with Gasteiger partial charge in [-0.15, -0.1) is 0 Å². The predicted octanol–water partition coefficient (Wildman–Crippen LogP) is -0.0658. The van der Waals surface area contributed by atoms with Gasteiger partial charge in [0.2, 0.25) is 0 Å². The molecule has 2 N–H and O–H groups in total. The molecule has 1 fully saturated rings. The number of aliphatic carboxylic acids is 1. The molecular weight excluding hydrogens is 402 g/mol. The van der Waals surface area contributed by atoms with Crippen molar-refractivity contribution in [3.63, 3.8) is 0 Å². The maximum Gasteiger partial charge on any atom is 0.335 e. The summed E-state index contributed by atoms with van der Waals surface area (Å²) in [6.45, 7) is 2.77. The van der Waals surface area contributed by atoms with Gasteiger partial charge in [0, 0.05) is 31.7 Å². The van der Waals surface area contributed by atoms with Gasteiger partial charge in [0.05, 0.1) is 19.1 Å². The molecule has 1 unspecified atom stereocenters. The van der Waals surface area contributed by atoms with Gasteiger partial charge in [0.15, 0.2) is 18.4 Å². The quantitative estimate of drug-likeness (QED) is 0.396. The molecule has 0 bridgehead atoms. The monoisotopic (exact) mass is 427 g/mol. The Balaban J connectivity index is 2.06. The summed E-state index contributed by atoms with van der Waals surface area (Å²) in [4.78, 5) is 47.4. The Labute approximate surface area is 172 Å². The van der Waals surface area contributed by atoms with Crippen molar-refractivity contribution in [3.05, 3.63) is 24.0 Å². The van der Waals surface area contributed by atoms with Gasteiger partial charge in [-0.2, -0.15) is 0 Å². The molecule has 30 heavy (non-hydrogen) atoms. The minimum atomic E-state index is -1.64. The summed E-state index contributed by atoms with van der Waals surface area (Å²) in [5.41, 5.74) is 0.141. The highest BCUT2D eigenvalue weighted by atomic mass is 16.6. The summed E-state index contributed by atoms with van der Waals surface area (Å²) in [5, 5.41) is 18.7. The Hall–Kier alpha value is -2.92. The maximum atomic E-state index is 11.9. The highest BCUT2D eigenvalue weighted by molar-refractivity contribution is 5.87. The van der Waals surface area contributed by atoms with E-state index in [4.69, 9.17) is 14.2 Å². The van der Waals surface area contributed by atoms with Gasteiger partial charge in [-0.25, -0.2) is 9.59 Å². The van der Waals surface area contributed by atoms with Crippen LogP contribution in [0.25, 0.3) is 0 Å². The normalized spacial score (nSPS) is 26.5. The first-order valence-corrected chi connectivity index (χ1v) is 9.26. The fourth-order valence-corrected chi connectivity index (χ4v) is 3.13. The third-order valence-electron chi connectivity index (χ3n) is 4.73. The van der Waals surface area contributed by atoms with Crippen molar-refractivity contribution in [1.29, 1.82) is 0 Å². The minimum absolute atomic E-state index is 0.141. The minimum Gasteiger partial charge on any atom is -0.478 e. The maximum absolute atomic E-state index is 11.9. The number of carbonyl (C=O) groups excluding carboxylic acids is 3. The predicted molar refractivity (Wildman–Crippen MR) is 98.3 cm³/mol. The van der Waals surface area contributed by atoms with Gasteiger partial charge in [-0.3, -0.25) is 9.59 Å². The number of allylic oxidation sites excluding steroid dienone is 1. The zero-order valence-electron chi connectivity index (χ0n) is 16.8. The number of carboxylic acid groups (broad SMARTS) is 1. The molecule has 0 spiro atoms. The van der Waals surface area contributed by atoms with Crippen LogP contribution in [0.3, 0.4) is 0 Å². The van der Waals surface area contributed by atoms with Crippen LogP contribution in [0, 0.1) is 5.92 Å².